The Bertz CT molecular complexity index is 1090. The Kier molecular flexibility index (Phi) is 7.64. The lowest BCUT2D eigenvalue weighted by atomic mass is 10.1. The number of carbonyl (C=O) groups is 3. The highest BCUT2D eigenvalue weighted by atomic mass is 35.5. The number of nitrogens with one attached hydrogen (secondary N) is 3. The fourth-order valence-corrected chi connectivity index (χ4v) is 3.71. The summed E-state index contributed by atoms with van der Waals surface area (Å²) in [7, 11) is 0. The molecule has 3 amide bonds. The number of hydrazine groups is 1. The van der Waals surface area contributed by atoms with E-state index in [1.165, 1.54) is 29.1 Å². The maximum absolute atomic E-state index is 12.3. The lowest BCUT2D eigenvalue weighted by Gasteiger charge is -2.10. The third-order valence-corrected chi connectivity index (χ3v) is 5.48. The van der Waals surface area contributed by atoms with E-state index >= 15 is 0 Å². The Morgan fingerprint density at radius 1 is 0.968 bits per heavy atom. The molecule has 160 valence electrons. The van der Waals surface area contributed by atoms with Crippen LogP contribution in [0.5, 0.6) is 5.75 Å². The quantitative estimate of drug-likeness (QED) is 0.400. The molecule has 0 atom stereocenters. The first kappa shape index (κ1) is 22.3. The molecule has 0 bridgehead atoms. The van der Waals surface area contributed by atoms with Crippen LogP contribution in [-0.2, 0) is 11.2 Å². The molecule has 0 aliphatic carbocycles. The zero-order chi connectivity index (χ0) is 22.2. The first-order valence-corrected chi connectivity index (χ1v) is 10.7. The number of amides is 3. The lowest BCUT2D eigenvalue weighted by Crippen LogP contribution is -2.41. The molecule has 1 heterocycles. The Balaban J connectivity index is 1.51. The van der Waals surface area contributed by atoms with Crippen LogP contribution in [0.1, 0.15) is 38.4 Å². The molecular weight excluding hydrogens is 438 g/mol. The summed E-state index contributed by atoms with van der Waals surface area (Å²) < 4.78 is 0. The molecule has 1 aromatic heterocycles. The van der Waals surface area contributed by atoms with Crippen LogP contribution in [0.2, 0.25) is 5.02 Å². The van der Waals surface area contributed by atoms with Crippen LogP contribution in [0.4, 0.5) is 5.69 Å². The predicted octanol–water partition coefficient (Wildman–Crippen LogP) is 4.14. The van der Waals surface area contributed by atoms with Gasteiger partial charge in [-0.1, -0.05) is 23.7 Å². The van der Waals surface area contributed by atoms with Crippen LogP contribution in [0, 0.1) is 0 Å². The van der Waals surface area contributed by atoms with Crippen molar-refractivity contribution in [3.8, 4) is 5.75 Å². The van der Waals surface area contributed by atoms with Crippen molar-refractivity contribution in [3.05, 3.63) is 81.0 Å². The Morgan fingerprint density at radius 3 is 2.55 bits per heavy atom. The number of phenols is 1. The average Bonchev–Trinajstić information content (AvgIpc) is 3.27. The number of phenolic OH excluding ortho intramolecular Hbond substituents is 1. The first-order chi connectivity index (χ1) is 14.9. The summed E-state index contributed by atoms with van der Waals surface area (Å²) in [6.45, 7) is 0. The number of hydrogen-bond acceptors (Lipinski definition) is 5. The van der Waals surface area contributed by atoms with Gasteiger partial charge < -0.3 is 10.4 Å². The maximum atomic E-state index is 12.3. The van der Waals surface area contributed by atoms with E-state index in [2.05, 4.69) is 16.2 Å². The summed E-state index contributed by atoms with van der Waals surface area (Å²) in [5.74, 6) is -1.70. The summed E-state index contributed by atoms with van der Waals surface area (Å²) in [4.78, 5) is 37.9. The zero-order valence-electron chi connectivity index (χ0n) is 16.4. The fourth-order valence-electron chi connectivity index (χ4n) is 2.78. The molecule has 2 aromatic carbocycles. The van der Waals surface area contributed by atoms with Gasteiger partial charge in [0.25, 0.3) is 11.8 Å². The maximum Gasteiger partial charge on any atom is 0.273 e. The summed E-state index contributed by atoms with van der Waals surface area (Å²) >= 11 is 7.49. The first-order valence-electron chi connectivity index (χ1n) is 9.44. The summed E-state index contributed by atoms with van der Waals surface area (Å²) in [6.07, 6.45) is 1.94. The van der Waals surface area contributed by atoms with E-state index in [1.807, 2.05) is 17.5 Å². The molecule has 0 aliphatic rings. The molecule has 0 saturated heterocycles. The van der Waals surface area contributed by atoms with Gasteiger partial charge in [0, 0.05) is 27.6 Å². The van der Waals surface area contributed by atoms with E-state index in [9.17, 15) is 19.5 Å². The molecule has 31 heavy (non-hydrogen) atoms. The van der Waals surface area contributed by atoms with Crippen molar-refractivity contribution >= 4 is 46.3 Å². The van der Waals surface area contributed by atoms with Crippen molar-refractivity contribution in [1.29, 1.82) is 0 Å². The largest absolute Gasteiger partial charge is 0.507 e. The zero-order valence-corrected chi connectivity index (χ0v) is 17.9. The standard InChI is InChI=1S/C22H20ClN3O4S/c23-15-9-10-19(27)18(13-15)22(30)26-25-21(29)14-4-1-5-16(12-14)24-20(28)8-2-6-17-7-3-11-31-17/h1,3-5,7,9-13,27H,2,6,8H2,(H,24,28)(H,25,29)(H,26,30). The normalized spacial score (nSPS) is 10.4. The van der Waals surface area contributed by atoms with E-state index in [1.54, 1.807) is 29.5 Å². The predicted molar refractivity (Wildman–Crippen MR) is 120 cm³/mol. The van der Waals surface area contributed by atoms with Gasteiger partial charge in [-0.25, -0.2) is 0 Å². The van der Waals surface area contributed by atoms with Crippen molar-refractivity contribution in [2.24, 2.45) is 0 Å². The monoisotopic (exact) mass is 457 g/mol. The van der Waals surface area contributed by atoms with Crippen LogP contribution in [0.25, 0.3) is 0 Å². The lowest BCUT2D eigenvalue weighted by molar-refractivity contribution is -0.116. The average molecular weight is 458 g/mol. The number of benzene rings is 2. The van der Waals surface area contributed by atoms with E-state index in [0.29, 0.717) is 12.1 Å². The molecule has 4 N–H and O–H groups in total. The Labute approximate surface area is 188 Å². The van der Waals surface area contributed by atoms with Gasteiger partial charge in [0.15, 0.2) is 0 Å². The molecule has 0 spiro atoms. The second-order valence-corrected chi connectivity index (χ2v) is 8.10. The highest BCUT2D eigenvalue weighted by Gasteiger charge is 2.14. The van der Waals surface area contributed by atoms with E-state index in [-0.39, 0.29) is 27.8 Å². The summed E-state index contributed by atoms with van der Waals surface area (Å²) in [6, 6.07) is 14.4. The molecule has 0 unspecified atom stereocenters. The van der Waals surface area contributed by atoms with Gasteiger partial charge >= 0.3 is 0 Å². The van der Waals surface area contributed by atoms with Gasteiger partial charge in [-0.15, -0.1) is 11.3 Å². The highest BCUT2D eigenvalue weighted by Crippen LogP contribution is 2.21. The fraction of sp³-hybridized carbons (Fsp3) is 0.136. The third kappa shape index (κ3) is 6.56. The molecule has 7 nitrogen and oxygen atoms in total. The minimum absolute atomic E-state index is 0.0728. The van der Waals surface area contributed by atoms with E-state index in [0.717, 1.165) is 12.8 Å². The SMILES string of the molecule is O=C(CCCc1cccs1)Nc1cccc(C(=O)NNC(=O)c2cc(Cl)ccc2O)c1. The number of hydrogen-bond donors (Lipinski definition) is 4. The number of carbonyl (C=O) groups excluding carboxylic acids is 3. The summed E-state index contributed by atoms with van der Waals surface area (Å²) in [5, 5.41) is 14.8. The topological polar surface area (TPSA) is 108 Å². The van der Waals surface area contributed by atoms with Crippen molar-refractivity contribution in [3.63, 3.8) is 0 Å². The summed E-state index contributed by atoms with van der Waals surface area (Å²) in [5.41, 5.74) is 5.14. The van der Waals surface area contributed by atoms with Gasteiger partial charge in [0.2, 0.25) is 5.91 Å². The van der Waals surface area contributed by atoms with Gasteiger partial charge in [-0.3, -0.25) is 25.2 Å². The third-order valence-electron chi connectivity index (χ3n) is 4.31. The van der Waals surface area contributed by atoms with Gasteiger partial charge in [0.1, 0.15) is 5.75 Å². The molecule has 3 rings (SSSR count). The molecular formula is C22H20ClN3O4S. The minimum atomic E-state index is -0.719. The Morgan fingerprint density at radius 2 is 1.77 bits per heavy atom. The molecule has 3 aromatic rings. The van der Waals surface area contributed by atoms with Crippen LogP contribution >= 0.6 is 22.9 Å². The van der Waals surface area contributed by atoms with Crippen LogP contribution in [-0.4, -0.2) is 22.8 Å². The van der Waals surface area contributed by atoms with Crippen LogP contribution in [0.15, 0.2) is 60.0 Å². The number of thiophene rings is 1. The second kappa shape index (κ2) is 10.6. The van der Waals surface area contributed by atoms with E-state index in [4.69, 9.17) is 11.6 Å². The number of halogens is 1. The number of anilines is 1. The van der Waals surface area contributed by atoms with E-state index < -0.39 is 11.8 Å². The number of aromatic hydroxyl groups is 1. The van der Waals surface area contributed by atoms with Gasteiger partial charge in [-0.2, -0.15) is 0 Å². The molecule has 0 saturated carbocycles. The molecule has 9 heteroatoms. The van der Waals surface area contributed by atoms with Crippen molar-refractivity contribution in [2.45, 2.75) is 19.3 Å². The minimum Gasteiger partial charge on any atom is -0.507 e. The smallest absolute Gasteiger partial charge is 0.273 e. The van der Waals surface area contributed by atoms with Crippen molar-refractivity contribution in [1.82, 2.24) is 10.9 Å². The van der Waals surface area contributed by atoms with Crippen LogP contribution in [0.3, 0.4) is 0 Å². The van der Waals surface area contributed by atoms with Crippen molar-refractivity contribution < 1.29 is 19.5 Å². The highest BCUT2D eigenvalue weighted by molar-refractivity contribution is 7.09. The Hall–Kier alpha value is -3.36. The van der Waals surface area contributed by atoms with Crippen LogP contribution < -0.4 is 16.2 Å². The van der Waals surface area contributed by atoms with Gasteiger partial charge in [-0.05, 0) is 60.7 Å². The number of aryl methyl sites for hydroxylation is 1. The molecule has 0 aliphatic heterocycles. The molecule has 0 radical (unpaired) electrons. The van der Waals surface area contributed by atoms with Gasteiger partial charge in [0.05, 0.1) is 5.56 Å². The van der Waals surface area contributed by atoms with Crippen molar-refractivity contribution in [2.75, 3.05) is 5.32 Å². The molecule has 0 fully saturated rings. The second-order valence-electron chi connectivity index (χ2n) is 6.63. The number of rotatable bonds is 7.